The van der Waals surface area contributed by atoms with Gasteiger partial charge in [0.05, 0.1) is 0 Å². The Morgan fingerprint density at radius 3 is 2.57 bits per heavy atom. The van der Waals surface area contributed by atoms with Gasteiger partial charge in [-0.3, -0.25) is 9.59 Å². The van der Waals surface area contributed by atoms with E-state index in [0.717, 1.165) is 11.8 Å². The molecular formula is C18H18ClNO3. The zero-order chi connectivity index (χ0) is 16.8. The highest BCUT2D eigenvalue weighted by atomic mass is 35.5. The van der Waals surface area contributed by atoms with Crippen LogP contribution in [0.1, 0.15) is 29.3 Å². The molecule has 0 bridgehead atoms. The third-order valence-corrected chi connectivity index (χ3v) is 3.65. The summed E-state index contributed by atoms with van der Waals surface area (Å²) in [5.41, 5.74) is 2.15. The second kappa shape index (κ2) is 7.79. The van der Waals surface area contributed by atoms with Crippen molar-refractivity contribution in [1.82, 2.24) is 0 Å². The Bertz CT molecular complexity index is 698. The quantitative estimate of drug-likeness (QED) is 0.805. The normalized spacial score (nSPS) is 11.6. The van der Waals surface area contributed by atoms with Crippen molar-refractivity contribution in [3.05, 3.63) is 58.6 Å². The minimum absolute atomic E-state index is 0.239. The predicted molar refractivity (Wildman–Crippen MR) is 91.4 cm³/mol. The van der Waals surface area contributed by atoms with Crippen molar-refractivity contribution >= 4 is 29.5 Å². The summed E-state index contributed by atoms with van der Waals surface area (Å²) in [6.45, 7) is 3.76. The van der Waals surface area contributed by atoms with E-state index in [1.165, 1.54) is 0 Å². The Morgan fingerprint density at radius 2 is 1.96 bits per heavy atom. The van der Waals surface area contributed by atoms with Crippen LogP contribution in [-0.4, -0.2) is 18.3 Å². The van der Waals surface area contributed by atoms with Crippen LogP contribution in [-0.2, 0) is 4.79 Å². The van der Waals surface area contributed by atoms with Crippen molar-refractivity contribution in [2.45, 2.75) is 26.4 Å². The molecule has 1 unspecified atom stereocenters. The van der Waals surface area contributed by atoms with Gasteiger partial charge in [0.25, 0.3) is 5.91 Å². The molecule has 0 saturated heterocycles. The maximum absolute atomic E-state index is 12.4. The Balaban J connectivity index is 2.08. The van der Waals surface area contributed by atoms with Crippen LogP contribution >= 0.6 is 11.6 Å². The van der Waals surface area contributed by atoms with Crippen LogP contribution < -0.4 is 10.1 Å². The number of carbonyl (C=O) groups is 2. The van der Waals surface area contributed by atoms with Crippen molar-refractivity contribution in [1.29, 1.82) is 0 Å². The van der Waals surface area contributed by atoms with E-state index in [1.54, 1.807) is 36.4 Å². The monoisotopic (exact) mass is 331 g/mol. The third-order valence-electron chi connectivity index (χ3n) is 3.42. The van der Waals surface area contributed by atoms with Crippen molar-refractivity contribution in [2.75, 3.05) is 5.32 Å². The molecular weight excluding hydrogens is 314 g/mol. The van der Waals surface area contributed by atoms with Gasteiger partial charge in [-0.2, -0.15) is 0 Å². The predicted octanol–water partition coefficient (Wildman–Crippen LogP) is 4.26. The van der Waals surface area contributed by atoms with Gasteiger partial charge in [0.1, 0.15) is 12.0 Å². The highest BCUT2D eigenvalue weighted by Gasteiger charge is 2.19. The van der Waals surface area contributed by atoms with E-state index < -0.39 is 6.10 Å². The Labute approximate surface area is 140 Å². The summed E-state index contributed by atoms with van der Waals surface area (Å²) >= 11 is 5.96. The standard InChI is InChI=1S/C18H18ClNO3/c1-3-17(23-15-8-5-13(11-21)6-9-15)18(22)20-16-10-14(19)7-4-12(16)2/h4-11,17H,3H2,1-2H3,(H,20,22). The summed E-state index contributed by atoms with van der Waals surface area (Å²) in [4.78, 5) is 23.1. The molecule has 2 aromatic rings. The number of benzene rings is 2. The number of nitrogens with one attached hydrogen (secondary N) is 1. The Hall–Kier alpha value is -2.33. The van der Waals surface area contributed by atoms with Gasteiger partial charge in [-0.25, -0.2) is 0 Å². The number of anilines is 1. The third kappa shape index (κ3) is 4.57. The molecule has 120 valence electrons. The van der Waals surface area contributed by atoms with Gasteiger partial charge >= 0.3 is 0 Å². The zero-order valence-corrected chi connectivity index (χ0v) is 13.8. The number of rotatable bonds is 6. The van der Waals surface area contributed by atoms with E-state index in [-0.39, 0.29) is 5.91 Å². The molecule has 4 nitrogen and oxygen atoms in total. The topological polar surface area (TPSA) is 55.4 Å². The van der Waals surface area contributed by atoms with E-state index in [9.17, 15) is 9.59 Å². The maximum atomic E-state index is 12.4. The Kier molecular flexibility index (Phi) is 5.77. The smallest absolute Gasteiger partial charge is 0.265 e. The number of aryl methyl sites for hydroxylation is 1. The average molecular weight is 332 g/mol. The molecule has 2 rings (SSSR count). The van der Waals surface area contributed by atoms with Crippen LogP contribution in [0.25, 0.3) is 0 Å². The average Bonchev–Trinajstić information content (AvgIpc) is 2.56. The highest BCUT2D eigenvalue weighted by Crippen LogP contribution is 2.21. The molecule has 2 aromatic carbocycles. The molecule has 23 heavy (non-hydrogen) atoms. The molecule has 0 spiro atoms. The number of halogens is 1. The van der Waals surface area contributed by atoms with Gasteiger partial charge in [0.2, 0.25) is 0 Å². The van der Waals surface area contributed by atoms with Crippen LogP contribution in [0.5, 0.6) is 5.75 Å². The molecule has 1 N–H and O–H groups in total. The first-order chi connectivity index (χ1) is 11.0. The molecule has 0 aliphatic carbocycles. The summed E-state index contributed by atoms with van der Waals surface area (Å²) < 4.78 is 5.71. The van der Waals surface area contributed by atoms with Crippen molar-refractivity contribution in [2.24, 2.45) is 0 Å². The lowest BCUT2D eigenvalue weighted by Crippen LogP contribution is -2.32. The summed E-state index contributed by atoms with van der Waals surface area (Å²) in [5, 5.41) is 3.40. The zero-order valence-electron chi connectivity index (χ0n) is 13.0. The minimum Gasteiger partial charge on any atom is -0.481 e. The second-order valence-corrected chi connectivity index (χ2v) is 5.59. The van der Waals surface area contributed by atoms with E-state index in [1.807, 2.05) is 19.9 Å². The fourth-order valence-electron chi connectivity index (χ4n) is 2.05. The number of hydrogen-bond acceptors (Lipinski definition) is 3. The van der Waals surface area contributed by atoms with E-state index >= 15 is 0 Å². The van der Waals surface area contributed by atoms with Gasteiger partial charge in [0, 0.05) is 16.3 Å². The molecule has 5 heteroatoms. The van der Waals surface area contributed by atoms with Crippen LogP contribution in [0.15, 0.2) is 42.5 Å². The van der Waals surface area contributed by atoms with E-state index in [4.69, 9.17) is 16.3 Å². The number of aldehydes is 1. The Morgan fingerprint density at radius 1 is 1.26 bits per heavy atom. The van der Waals surface area contributed by atoms with E-state index in [0.29, 0.717) is 28.4 Å². The lowest BCUT2D eigenvalue weighted by atomic mass is 10.2. The molecule has 1 atom stereocenters. The molecule has 0 heterocycles. The van der Waals surface area contributed by atoms with Crippen LogP contribution in [0.4, 0.5) is 5.69 Å². The maximum Gasteiger partial charge on any atom is 0.265 e. The van der Waals surface area contributed by atoms with Crippen molar-refractivity contribution < 1.29 is 14.3 Å². The summed E-state index contributed by atoms with van der Waals surface area (Å²) in [6.07, 6.45) is 0.645. The lowest BCUT2D eigenvalue weighted by Gasteiger charge is -2.18. The summed E-state index contributed by atoms with van der Waals surface area (Å²) in [5.74, 6) is 0.303. The number of carbonyl (C=O) groups excluding carboxylic acids is 2. The SMILES string of the molecule is CCC(Oc1ccc(C=O)cc1)C(=O)Nc1cc(Cl)ccc1C. The number of ether oxygens (including phenoxy) is 1. The first kappa shape index (κ1) is 17.0. The fraction of sp³-hybridized carbons (Fsp3) is 0.222. The number of amides is 1. The molecule has 0 fully saturated rings. The minimum atomic E-state index is -0.629. The second-order valence-electron chi connectivity index (χ2n) is 5.15. The number of hydrogen-bond donors (Lipinski definition) is 1. The summed E-state index contributed by atoms with van der Waals surface area (Å²) in [6, 6.07) is 12.0. The van der Waals surface area contributed by atoms with Crippen molar-refractivity contribution in [3.8, 4) is 5.75 Å². The fourth-order valence-corrected chi connectivity index (χ4v) is 2.23. The molecule has 1 amide bonds. The van der Waals surface area contributed by atoms with Gasteiger partial charge in [-0.05, 0) is 55.3 Å². The highest BCUT2D eigenvalue weighted by molar-refractivity contribution is 6.31. The first-order valence-electron chi connectivity index (χ1n) is 7.32. The largest absolute Gasteiger partial charge is 0.481 e. The molecule has 0 aliphatic heterocycles. The van der Waals surface area contributed by atoms with Crippen molar-refractivity contribution in [3.63, 3.8) is 0 Å². The summed E-state index contributed by atoms with van der Waals surface area (Å²) in [7, 11) is 0. The molecule has 0 saturated carbocycles. The van der Waals surface area contributed by atoms with Crippen LogP contribution in [0.3, 0.4) is 0 Å². The van der Waals surface area contributed by atoms with Gasteiger partial charge in [0.15, 0.2) is 6.10 Å². The molecule has 0 aliphatic rings. The molecule has 0 radical (unpaired) electrons. The molecule has 0 aromatic heterocycles. The lowest BCUT2D eigenvalue weighted by molar-refractivity contribution is -0.122. The van der Waals surface area contributed by atoms with Gasteiger partial charge < -0.3 is 10.1 Å². The van der Waals surface area contributed by atoms with Gasteiger partial charge in [-0.15, -0.1) is 0 Å². The van der Waals surface area contributed by atoms with Crippen LogP contribution in [0, 0.1) is 6.92 Å². The van der Waals surface area contributed by atoms with Gasteiger partial charge in [-0.1, -0.05) is 24.6 Å². The first-order valence-corrected chi connectivity index (χ1v) is 7.70. The van der Waals surface area contributed by atoms with E-state index in [2.05, 4.69) is 5.32 Å². The van der Waals surface area contributed by atoms with Crippen LogP contribution in [0.2, 0.25) is 5.02 Å².